The first kappa shape index (κ1) is 16.9. The molecule has 2 aliphatic heterocycles. The molecule has 2 aromatic rings. The second kappa shape index (κ2) is 6.98. The lowest BCUT2D eigenvalue weighted by molar-refractivity contribution is 0.0480. The van der Waals surface area contributed by atoms with Gasteiger partial charge < -0.3 is 14.5 Å². The van der Waals surface area contributed by atoms with E-state index in [1.54, 1.807) is 0 Å². The van der Waals surface area contributed by atoms with Crippen LogP contribution in [0.5, 0.6) is 0 Å². The predicted octanol–water partition coefficient (Wildman–Crippen LogP) is 3.24. The van der Waals surface area contributed by atoms with E-state index in [9.17, 15) is 4.79 Å². The van der Waals surface area contributed by atoms with E-state index in [2.05, 4.69) is 54.0 Å². The van der Waals surface area contributed by atoms with Crippen molar-refractivity contribution in [2.75, 3.05) is 42.6 Å². The second-order valence-corrected chi connectivity index (χ2v) is 7.26. The molecule has 0 N–H and O–H groups in total. The summed E-state index contributed by atoms with van der Waals surface area (Å²) >= 11 is 0. The van der Waals surface area contributed by atoms with Gasteiger partial charge in [-0.2, -0.15) is 0 Å². The van der Waals surface area contributed by atoms with Crippen molar-refractivity contribution in [3.8, 4) is 0 Å². The highest BCUT2D eigenvalue weighted by atomic mass is 16.5. The number of hydrogen-bond acceptors (Lipinski definition) is 5. The van der Waals surface area contributed by atoms with Crippen molar-refractivity contribution in [1.29, 1.82) is 0 Å². The minimum atomic E-state index is -0.227. The van der Waals surface area contributed by atoms with Gasteiger partial charge in [0.05, 0.1) is 6.61 Å². The molecule has 4 rings (SSSR count). The number of fused-ring (bicyclic) bond motifs is 1. The number of para-hydroxylation sites is 1. The van der Waals surface area contributed by atoms with Gasteiger partial charge in [0.25, 0.3) is 0 Å². The van der Waals surface area contributed by atoms with Gasteiger partial charge in [-0.25, -0.2) is 9.78 Å². The molecular formula is C21H25N3O2. The fraction of sp³-hybridized carbons (Fsp3) is 0.429. The number of ether oxygens (including phenoxy) is 1. The number of pyridine rings is 1. The zero-order valence-electron chi connectivity index (χ0n) is 15.4. The van der Waals surface area contributed by atoms with Crippen LogP contribution in [-0.2, 0) is 11.2 Å². The van der Waals surface area contributed by atoms with Crippen molar-refractivity contribution in [2.45, 2.75) is 26.2 Å². The van der Waals surface area contributed by atoms with Crippen molar-refractivity contribution in [2.24, 2.45) is 0 Å². The summed E-state index contributed by atoms with van der Waals surface area (Å²) in [6, 6.07) is 12.6. The molecule has 2 aliphatic rings. The van der Waals surface area contributed by atoms with Crippen LogP contribution >= 0.6 is 0 Å². The number of aromatic nitrogens is 1. The number of carbonyl (C=O) groups is 1. The van der Waals surface area contributed by atoms with E-state index >= 15 is 0 Å². The Bertz CT molecular complexity index is 796. The third-order valence-corrected chi connectivity index (χ3v) is 5.20. The van der Waals surface area contributed by atoms with Gasteiger partial charge in [-0.15, -0.1) is 0 Å². The average Bonchev–Trinajstić information content (AvgIpc) is 2.68. The van der Waals surface area contributed by atoms with Crippen molar-refractivity contribution in [3.63, 3.8) is 0 Å². The summed E-state index contributed by atoms with van der Waals surface area (Å²) < 4.78 is 5.31. The van der Waals surface area contributed by atoms with Crippen LogP contribution in [0, 0.1) is 0 Å². The lowest BCUT2D eigenvalue weighted by atomic mass is 9.98. The second-order valence-electron chi connectivity index (χ2n) is 7.26. The normalized spacial score (nSPS) is 17.3. The van der Waals surface area contributed by atoms with Gasteiger partial charge in [0.2, 0.25) is 0 Å². The number of anilines is 2. The Morgan fingerprint density at radius 1 is 1.04 bits per heavy atom. The fourth-order valence-electron chi connectivity index (χ4n) is 3.69. The third-order valence-electron chi connectivity index (χ3n) is 5.20. The Morgan fingerprint density at radius 3 is 2.42 bits per heavy atom. The number of hydrogen-bond donors (Lipinski definition) is 0. The van der Waals surface area contributed by atoms with Gasteiger partial charge in [0.1, 0.15) is 11.4 Å². The molecule has 0 unspecified atom stereocenters. The summed E-state index contributed by atoms with van der Waals surface area (Å²) in [5.41, 5.74) is 4.06. The van der Waals surface area contributed by atoms with E-state index < -0.39 is 0 Å². The summed E-state index contributed by atoms with van der Waals surface area (Å²) in [6.45, 7) is 8.30. The maximum absolute atomic E-state index is 12.4. The summed E-state index contributed by atoms with van der Waals surface area (Å²) in [5.74, 6) is 0.917. The molecule has 0 radical (unpaired) electrons. The Balaban J connectivity index is 1.62. The number of cyclic esters (lactones) is 1. The minimum absolute atomic E-state index is 0.227. The van der Waals surface area contributed by atoms with Crippen LogP contribution in [0.15, 0.2) is 36.4 Å². The molecule has 0 saturated carbocycles. The lowest BCUT2D eigenvalue weighted by Gasteiger charge is -2.38. The Hall–Kier alpha value is -2.56. The number of carbonyl (C=O) groups excluding carboxylic acids is 1. The number of nitrogens with zero attached hydrogens (tertiary/aromatic N) is 3. The zero-order chi connectivity index (χ0) is 18.1. The van der Waals surface area contributed by atoms with Crippen molar-refractivity contribution in [1.82, 2.24) is 4.98 Å². The molecule has 0 aliphatic carbocycles. The van der Waals surface area contributed by atoms with Gasteiger partial charge in [0.15, 0.2) is 0 Å². The SMILES string of the molecule is CC(C)c1cc2c(c(N3CCN(c4ccccc4)CC3)n1)C(=O)OCC2. The quantitative estimate of drug-likeness (QED) is 0.795. The maximum atomic E-state index is 12.4. The van der Waals surface area contributed by atoms with Crippen LogP contribution in [-0.4, -0.2) is 43.7 Å². The summed E-state index contributed by atoms with van der Waals surface area (Å²) in [6.07, 6.45) is 0.778. The Morgan fingerprint density at radius 2 is 1.73 bits per heavy atom. The van der Waals surface area contributed by atoms with Crippen LogP contribution in [0.2, 0.25) is 0 Å². The highest BCUT2D eigenvalue weighted by Crippen LogP contribution is 2.30. The van der Waals surface area contributed by atoms with Crippen LogP contribution in [0.1, 0.15) is 41.4 Å². The van der Waals surface area contributed by atoms with Crippen molar-refractivity contribution < 1.29 is 9.53 Å². The zero-order valence-corrected chi connectivity index (χ0v) is 15.4. The van der Waals surface area contributed by atoms with E-state index in [-0.39, 0.29) is 5.97 Å². The van der Waals surface area contributed by atoms with E-state index in [1.165, 1.54) is 5.69 Å². The first-order chi connectivity index (χ1) is 12.6. The number of rotatable bonds is 3. The van der Waals surface area contributed by atoms with Crippen LogP contribution in [0.25, 0.3) is 0 Å². The lowest BCUT2D eigenvalue weighted by Crippen LogP contribution is -2.47. The van der Waals surface area contributed by atoms with Gasteiger partial charge >= 0.3 is 5.97 Å². The Kier molecular flexibility index (Phi) is 4.53. The molecule has 5 nitrogen and oxygen atoms in total. The molecule has 1 fully saturated rings. The molecule has 0 bridgehead atoms. The largest absolute Gasteiger partial charge is 0.462 e. The molecule has 3 heterocycles. The van der Waals surface area contributed by atoms with E-state index in [1.807, 2.05) is 6.07 Å². The number of esters is 1. The van der Waals surface area contributed by atoms with Crippen LogP contribution in [0.3, 0.4) is 0 Å². The molecule has 1 saturated heterocycles. The van der Waals surface area contributed by atoms with Gasteiger partial charge in [-0.1, -0.05) is 32.0 Å². The highest BCUT2D eigenvalue weighted by Gasteiger charge is 2.29. The number of piperazine rings is 1. The molecule has 136 valence electrons. The minimum Gasteiger partial charge on any atom is -0.462 e. The summed E-state index contributed by atoms with van der Waals surface area (Å²) in [7, 11) is 0. The standard InChI is InChI=1S/C21H25N3O2/c1-15(2)18-14-16-8-13-26-21(25)19(16)20(22-18)24-11-9-23(10-12-24)17-6-4-3-5-7-17/h3-7,14-15H,8-13H2,1-2H3. The van der Waals surface area contributed by atoms with Crippen LogP contribution in [0.4, 0.5) is 11.5 Å². The molecule has 0 atom stereocenters. The monoisotopic (exact) mass is 351 g/mol. The highest BCUT2D eigenvalue weighted by molar-refractivity contribution is 5.97. The fourth-order valence-corrected chi connectivity index (χ4v) is 3.69. The maximum Gasteiger partial charge on any atom is 0.342 e. The molecule has 26 heavy (non-hydrogen) atoms. The molecule has 0 spiro atoms. The predicted molar refractivity (Wildman–Crippen MR) is 103 cm³/mol. The summed E-state index contributed by atoms with van der Waals surface area (Å²) in [4.78, 5) is 21.9. The topological polar surface area (TPSA) is 45.7 Å². The summed E-state index contributed by atoms with van der Waals surface area (Å²) in [5, 5.41) is 0. The van der Waals surface area contributed by atoms with Crippen LogP contribution < -0.4 is 9.80 Å². The van der Waals surface area contributed by atoms with Crippen molar-refractivity contribution in [3.05, 3.63) is 53.2 Å². The molecule has 0 amide bonds. The average molecular weight is 351 g/mol. The first-order valence-corrected chi connectivity index (χ1v) is 9.39. The van der Waals surface area contributed by atoms with E-state index in [0.717, 1.165) is 49.7 Å². The first-order valence-electron chi connectivity index (χ1n) is 9.39. The third kappa shape index (κ3) is 3.14. The van der Waals surface area contributed by atoms with Gasteiger partial charge in [-0.05, 0) is 29.7 Å². The molecular weight excluding hydrogens is 326 g/mol. The molecule has 1 aromatic carbocycles. The van der Waals surface area contributed by atoms with Gasteiger partial charge in [0, 0.05) is 44.0 Å². The van der Waals surface area contributed by atoms with E-state index in [0.29, 0.717) is 18.1 Å². The van der Waals surface area contributed by atoms with Gasteiger partial charge in [-0.3, -0.25) is 0 Å². The molecule has 5 heteroatoms. The smallest absolute Gasteiger partial charge is 0.342 e. The van der Waals surface area contributed by atoms with E-state index in [4.69, 9.17) is 9.72 Å². The van der Waals surface area contributed by atoms with Crippen molar-refractivity contribution >= 4 is 17.5 Å². The Labute approximate surface area is 154 Å². The molecule has 1 aromatic heterocycles. The number of benzene rings is 1.